The van der Waals surface area contributed by atoms with Gasteiger partial charge in [-0.1, -0.05) is 37.3 Å². The Morgan fingerprint density at radius 1 is 1.23 bits per heavy atom. The molecule has 7 heteroatoms. The van der Waals surface area contributed by atoms with Gasteiger partial charge in [-0.2, -0.15) is 0 Å². The highest BCUT2D eigenvalue weighted by atomic mass is 16.2. The fraction of sp³-hybridized carbons (Fsp3) is 0.526. The van der Waals surface area contributed by atoms with Gasteiger partial charge in [0, 0.05) is 39.1 Å². The van der Waals surface area contributed by atoms with Crippen molar-refractivity contribution in [3.8, 4) is 0 Å². The first-order valence-corrected chi connectivity index (χ1v) is 9.18. The van der Waals surface area contributed by atoms with Gasteiger partial charge in [-0.3, -0.25) is 14.6 Å². The molecule has 1 aliphatic heterocycles. The summed E-state index contributed by atoms with van der Waals surface area (Å²) in [6.07, 6.45) is 2.22. The van der Waals surface area contributed by atoms with Crippen molar-refractivity contribution < 1.29 is 9.59 Å². The molecule has 0 aromatic heterocycles. The minimum absolute atomic E-state index is 0.0712. The highest BCUT2D eigenvalue weighted by molar-refractivity contribution is 5.86. The maximum absolute atomic E-state index is 12.0. The molecule has 2 amide bonds. The molecule has 7 nitrogen and oxygen atoms in total. The Balaban J connectivity index is 1.65. The van der Waals surface area contributed by atoms with E-state index in [2.05, 4.69) is 20.9 Å². The average Bonchev–Trinajstić information content (AvgIpc) is 3.14. The minimum atomic E-state index is -0.0712. The predicted octanol–water partition coefficient (Wildman–Crippen LogP) is 0.521. The Morgan fingerprint density at radius 3 is 2.69 bits per heavy atom. The first-order valence-electron chi connectivity index (χ1n) is 9.18. The number of carbonyl (C=O) groups is 2. The van der Waals surface area contributed by atoms with E-state index in [1.165, 1.54) is 5.56 Å². The van der Waals surface area contributed by atoms with E-state index in [4.69, 9.17) is 0 Å². The summed E-state index contributed by atoms with van der Waals surface area (Å²) in [6.45, 7) is 4.09. The van der Waals surface area contributed by atoms with E-state index in [1.54, 1.807) is 7.05 Å². The highest BCUT2D eigenvalue weighted by Gasteiger charge is 2.25. The van der Waals surface area contributed by atoms with Crippen LogP contribution in [0.2, 0.25) is 0 Å². The third kappa shape index (κ3) is 6.38. The van der Waals surface area contributed by atoms with E-state index in [0.717, 1.165) is 19.4 Å². The number of amides is 2. The number of nitrogens with zero attached hydrogens (tertiary/aromatic N) is 2. The third-order valence-electron chi connectivity index (χ3n) is 4.40. The van der Waals surface area contributed by atoms with Crippen LogP contribution < -0.4 is 16.0 Å². The van der Waals surface area contributed by atoms with Crippen molar-refractivity contribution in [1.29, 1.82) is 0 Å². The summed E-state index contributed by atoms with van der Waals surface area (Å²) in [4.78, 5) is 29.7. The van der Waals surface area contributed by atoms with Gasteiger partial charge < -0.3 is 20.9 Å². The lowest BCUT2D eigenvalue weighted by molar-refractivity contribution is -0.129. The van der Waals surface area contributed by atoms with Crippen LogP contribution in [0.15, 0.2) is 35.3 Å². The molecule has 1 atom stereocenters. The smallest absolute Gasteiger partial charge is 0.239 e. The van der Waals surface area contributed by atoms with Gasteiger partial charge in [0.15, 0.2) is 5.96 Å². The van der Waals surface area contributed by atoms with Crippen molar-refractivity contribution in [2.24, 2.45) is 4.99 Å². The minimum Gasteiger partial charge on any atom is -0.354 e. The van der Waals surface area contributed by atoms with E-state index in [9.17, 15) is 9.59 Å². The molecule has 0 spiro atoms. The zero-order chi connectivity index (χ0) is 18.8. The van der Waals surface area contributed by atoms with E-state index in [0.29, 0.717) is 25.5 Å². The Kier molecular flexibility index (Phi) is 7.92. The summed E-state index contributed by atoms with van der Waals surface area (Å²) in [7, 11) is 1.67. The van der Waals surface area contributed by atoms with Crippen molar-refractivity contribution >= 4 is 17.8 Å². The number of carbonyl (C=O) groups excluding carboxylic acids is 2. The number of likely N-dealkylation sites (tertiary alicyclic amines) is 1. The normalized spacial score (nSPS) is 17.1. The number of hydrogen-bond acceptors (Lipinski definition) is 3. The van der Waals surface area contributed by atoms with Gasteiger partial charge in [0.05, 0.1) is 6.54 Å². The molecule has 1 fully saturated rings. The molecule has 1 aromatic rings. The van der Waals surface area contributed by atoms with Gasteiger partial charge in [0.25, 0.3) is 0 Å². The van der Waals surface area contributed by atoms with Crippen LogP contribution in [0.5, 0.6) is 0 Å². The SMILES string of the molecule is CCC(=O)N1CCC(NC(=NC)NCC(=O)NCCc2ccccc2)C1. The number of aliphatic imine (C=N–C) groups is 1. The van der Waals surface area contributed by atoms with Crippen LogP contribution in [0.3, 0.4) is 0 Å². The monoisotopic (exact) mass is 359 g/mol. The molecule has 142 valence electrons. The second kappa shape index (κ2) is 10.4. The van der Waals surface area contributed by atoms with Gasteiger partial charge in [-0.25, -0.2) is 0 Å². The summed E-state index contributed by atoms with van der Waals surface area (Å²) in [5.41, 5.74) is 1.20. The second-order valence-corrected chi connectivity index (χ2v) is 6.33. The summed E-state index contributed by atoms with van der Waals surface area (Å²) in [5.74, 6) is 0.687. The Hall–Kier alpha value is -2.57. The molecule has 1 heterocycles. The number of rotatable bonds is 7. The largest absolute Gasteiger partial charge is 0.354 e. The Labute approximate surface area is 155 Å². The van der Waals surface area contributed by atoms with Crippen molar-refractivity contribution in [2.75, 3.05) is 33.2 Å². The summed E-state index contributed by atoms with van der Waals surface area (Å²) in [6, 6.07) is 10.2. The zero-order valence-electron chi connectivity index (χ0n) is 15.6. The van der Waals surface area contributed by atoms with Crippen LogP contribution in [0.4, 0.5) is 0 Å². The van der Waals surface area contributed by atoms with Crippen molar-refractivity contribution in [1.82, 2.24) is 20.9 Å². The van der Waals surface area contributed by atoms with Crippen LogP contribution in [0, 0.1) is 0 Å². The predicted molar refractivity (Wildman–Crippen MR) is 103 cm³/mol. The fourth-order valence-corrected chi connectivity index (χ4v) is 2.93. The van der Waals surface area contributed by atoms with E-state index in [-0.39, 0.29) is 24.4 Å². The van der Waals surface area contributed by atoms with Crippen LogP contribution in [0.1, 0.15) is 25.3 Å². The van der Waals surface area contributed by atoms with Gasteiger partial charge in [-0.05, 0) is 18.4 Å². The van der Waals surface area contributed by atoms with E-state index in [1.807, 2.05) is 42.2 Å². The summed E-state index contributed by atoms with van der Waals surface area (Å²) < 4.78 is 0. The topological polar surface area (TPSA) is 85.8 Å². The molecule has 2 rings (SSSR count). The van der Waals surface area contributed by atoms with Crippen LogP contribution in [-0.4, -0.2) is 61.9 Å². The number of nitrogens with one attached hydrogen (secondary N) is 3. The molecule has 1 aliphatic rings. The van der Waals surface area contributed by atoms with Gasteiger partial charge >= 0.3 is 0 Å². The molecular formula is C19H29N5O2. The Morgan fingerprint density at radius 2 is 2.00 bits per heavy atom. The highest BCUT2D eigenvalue weighted by Crippen LogP contribution is 2.10. The first kappa shape index (κ1) is 19.8. The van der Waals surface area contributed by atoms with Gasteiger partial charge in [-0.15, -0.1) is 0 Å². The first-order chi connectivity index (χ1) is 12.6. The van der Waals surface area contributed by atoms with Crippen molar-refractivity contribution in [2.45, 2.75) is 32.2 Å². The van der Waals surface area contributed by atoms with Crippen molar-refractivity contribution in [3.05, 3.63) is 35.9 Å². The van der Waals surface area contributed by atoms with Gasteiger partial charge in [0.1, 0.15) is 0 Å². The summed E-state index contributed by atoms with van der Waals surface area (Å²) >= 11 is 0. The van der Waals surface area contributed by atoms with Gasteiger partial charge in [0.2, 0.25) is 11.8 Å². The quantitative estimate of drug-likeness (QED) is 0.489. The Bertz CT molecular complexity index is 618. The lowest BCUT2D eigenvalue weighted by Crippen LogP contribution is -2.48. The fourth-order valence-electron chi connectivity index (χ4n) is 2.93. The third-order valence-corrected chi connectivity index (χ3v) is 4.40. The standard InChI is InChI=1S/C19H29N5O2/c1-3-18(26)24-12-10-16(14-24)23-19(20-2)22-13-17(25)21-11-9-15-7-5-4-6-8-15/h4-8,16H,3,9-14H2,1-2H3,(H,21,25)(H2,20,22,23). The number of hydrogen-bond donors (Lipinski definition) is 3. The molecular weight excluding hydrogens is 330 g/mol. The molecule has 1 aromatic carbocycles. The lowest BCUT2D eigenvalue weighted by Gasteiger charge is -2.18. The van der Waals surface area contributed by atoms with Crippen molar-refractivity contribution in [3.63, 3.8) is 0 Å². The lowest BCUT2D eigenvalue weighted by atomic mass is 10.1. The molecule has 0 aliphatic carbocycles. The number of guanidine groups is 1. The summed E-state index contributed by atoms with van der Waals surface area (Å²) in [5, 5.41) is 9.20. The van der Waals surface area contributed by atoms with Crippen LogP contribution in [0.25, 0.3) is 0 Å². The van der Waals surface area contributed by atoms with Crippen LogP contribution >= 0.6 is 0 Å². The molecule has 0 radical (unpaired) electrons. The molecule has 1 saturated heterocycles. The van der Waals surface area contributed by atoms with E-state index < -0.39 is 0 Å². The maximum Gasteiger partial charge on any atom is 0.239 e. The second-order valence-electron chi connectivity index (χ2n) is 6.33. The van der Waals surface area contributed by atoms with E-state index >= 15 is 0 Å². The molecule has 0 bridgehead atoms. The molecule has 3 N–H and O–H groups in total. The number of benzene rings is 1. The molecule has 1 unspecified atom stereocenters. The molecule has 0 saturated carbocycles. The molecule has 26 heavy (non-hydrogen) atoms. The zero-order valence-corrected chi connectivity index (χ0v) is 15.6. The van der Waals surface area contributed by atoms with Crippen LogP contribution in [-0.2, 0) is 16.0 Å². The maximum atomic E-state index is 12.0. The average molecular weight is 359 g/mol.